The van der Waals surface area contributed by atoms with E-state index in [4.69, 9.17) is 10.5 Å². The molecular formula is C14H24N2O. The van der Waals surface area contributed by atoms with Gasteiger partial charge in [0.2, 0.25) is 0 Å². The number of nitrogens with two attached hydrogens (primary N) is 1. The summed E-state index contributed by atoms with van der Waals surface area (Å²) in [5.41, 5.74) is 7.63. The predicted octanol–water partition coefficient (Wildman–Crippen LogP) is 3.19. The van der Waals surface area contributed by atoms with Crippen molar-refractivity contribution in [3.05, 3.63) is 24.0 Å². The van der Waals surface area contributed by atoms with Gasteiger partial charge in [-0.25, -0.2) is 0 Å². The van der Waals surface area contributed by atoms with Crippen LogP contribution in [0.15, 0.2) is 18.3 Å². The zero-order chi connectivity index (χ0) is 12.3. The Morgan fingerprint density at radius 3 is 2.53 bits per heavy atom. The van der Waals surface area contributed by atoms with Gasteiger partial charge < -0.3 is 10.5 Å². The Morgan fingerprint density at radius 2 is 1.82 bits per heavy atom. The number of ether oxygens (including phenoxy) is 1. The van der Waals surface area contributed by atoms with Crippen LogP contribution in [-0.4, -0.2) is 18.7 Å². The van der Waals surface area contributed by atoms with E-state index < -0.39 is 0 Å². The Hall–Kier alpha value is -1.09. The van der Waals surface area contributed by atoms with Crippen molar-refractivity contribution < 1.29 is 4.74 Å². The summed E-state index contributed by atoms with van der Waals surface area (Å²) >= 11 is 0. The molecule has 0 amide bonds. The van der Waals surface area contributed by atoms with Gasteiger partial charge in [0.15, 0.2) is 0 Å². The maximum Gasteiger partial charge on any atom is 0.0462 e. The molecule has 0 saturated heterocycles. The van der Waals surface area contributed by atoms with Gasteiger partial charge in [-0.1, -0.05) is 25.7 Å². The zero-order valence-electron chi connectivity index (χ0n) is 10.8. The average Bonchev–Trinajstić information content (AvgIpc) is 2.33. The Bertz CT molecular complexity index is 302. The summed E-state index contributed by atoms with van der Waals surface area (Å²) in [7, 11) is 1.76. The number of aromatic nitrogens is 1. The van der Waals surface area contributed by atoms with E-state index in [1.807, 2.05) is 12.1 Å². The fraction of sp³-hybridized carbons (Fsp3) is 0.643. The first kappa shape index (κ1) is 14.0. The maximum atomic E-state index is 5.71. The lowest BCUT2D eigenvalue weighted by Gasteiger charge is -2.02. The largest absolute Gasteiger partial charge is 0.399 e. The highest BCUT2D eigenvalue weighted by Gasteiger charge is 1.96. The average molecular weight is 236 g/mol. The zero-order valence-corrected chi connectivity index (χ0v) is 10.8. The number of nitrogen functional groups attached to an aromatic ring is 1. The molecule has 1 rings (SSSR count). The van der Waals surface area contributed by atoms with Crippen LogP contribution >= 0.6 is 0 Å². The predicted molar refractivity (Wildman–Crippen MR) is 71.9 cm³/mol. The number of hydrogen-bond donors (Lipinski definition) is 1. The smallest absolute Gasteiger partial charge is 0.0462 e. The van der Waals surface area contributed by atoms with Gasteiger partial charge in [0.1, 0.15) is 0 Å². The fourth-order valence-electron chi connectivity index (χ4n) is 1.89. The van der Waals surface area contributed by atoms with Gasteiger partial charge in [0.05, 0.1) is 0 Å². The van der Waals surface area contributed by atoms with E-state index in [0.29, 0.717) is 0 Å². The van der Waals surface area contributed by atoms with Crippen molar-refractivity contribution in [3.8, 4) is 0 Å². The minimum absolute atomic E-state index is 0.814. The van der Waals surface area contributed by atoms with Crippen molar-refractivity contribution in [3.63, 3.8) is 0 Å². The number of nitrogens with zero attached hydrogens (tertiary/aromatic N) is 1. The van der Waals surface area contributed by atoms with Gasteiger partial charge in [-0.15, -0.1) is 0 Å². The van der Waals surface area contributed by atoms with Gasteiger partial charge in [-0.2, -0.15) is 0 Å². The highest BCUT2D eigenvalue weighted by atomic mass is 16.5. The second-order valence-electron chi connectivity index (χ2n) is 4.44. The van der Waals surface area contributed by atoms with E-state index >= 15 is 0 Å². The standard InChI is InChI=1S/C14H24N2O/c1-17-11-7-5-3-2-4-6-8-14-12-13(15)9-10-16-14/h9-10,12H,2-8,11H2,1H3,(H2,15,16). The van der Waals surface area contributed by atoms with E-state index in [-0.39, 0.29) is 0 Å². The number of pyridine rings is 1. The Balaban J connectivity index is 1.97. The molecule has 0 spiro atoms. The number of rotatable bonds is 9. The second-order valence-corrected chi connectivity index (χ2v) is 4.44. The van der Waals surface area contributed by atoms with E-state index in [0.717, 1.165) is 24.4 Å². The van der Waals surface area contributed by atoms with Gasteiger partial charge in [-0.3, -0.25) is 4.98 Å². The van der Waals surface area contributed by atoms with Crippen LogP contribution in [0, 0.1) is 0 Å². The van der Waals surface area contributed by atoms with Gasteiger partial charge in [0.25, 0.3) is 0 Å². The third kappa shape index (κ3) is 6.95. The summed E-state index contributed by atoms with van der Waals surface area (Å²) in [6, 6.07) is 3.80. The van der Waals surface area contributed by atoms with E-state index in [2.05, 4.69) is 4.98 Å². The third-order valence-electron chi connectivity index (χ3n) is 2.87. The van der Waals surface area contributed by atoms with Crippen LogP contribution < -0.4 is 5.73 Å². The summed E-state index contributed by atoms with van der Waals surface area (Å²) in [6.07, 6.45) is 10.4. The van der Waals surface area contributed by atoms with Gasteiger partial charge >= 0.3 is 0 Å². The van der Waals surface area contributed by atoms with Crippen molar-refractivity contribution in [1.29, 1.82) is 0 Å². The molecular weight excluding hydrogens is 212 g/mol. The van der Waals surface area contributed by atoms with Gasteiger partial charge in [-0.05, 0) is 31.4 Å². The summed E-state index contributed by atoms with van der Waals surface area (Å²) < 4.78 is 5.02. The summed E-state index contributed by atoms with van der Waals surface area (Å²) in [5, 5.41) is 0. The van der Waals surface area contributed by atoms with E-state index in [1.165, 1.54) is 38.5 Å². The Morgan fingerprint density at radius 1 is 1.12 bits per heavy atom. The lowest BCUT2D eigenvalue weighted by atomic mass is 10.1. The molecule has 0 aromatic carbocycles. The molecule has 0 atom stereocenters. The summed E-state index contributed by atoms with van der Waals surface area (Å²) in [5.74, 6) is 0. The summed E-state index contributed by atoms with van der Waals surface area (Å²) in [6.45, 7) is 0.896. The molecule has 0 unspecified atom stereocenters. The Labute approximate surface area is 104 Å². The van der Waals surface area contributed by atoms with Crippen molar-refractivity contribution in [2.45, 2.75) is 44.9 Å². The molecule has 1 heterocycles. The molecule has 96 valence electrons. The maximum absolute atomic E-state index is 5.71. The quantitative estimate of drug-likeness (QED) is 0.670. The second kappa shape index (κ2) is 8.99. The number of methoxy groups -OCH3 is 1. The minimum atomic E-state index is 0.814. The molecule has 17 heavy (non-hydrogen) atoms. The molecule has 1 aromatic heterocycles. The first-order valence-electron chi connectivity index (χ1n) is 6.52. The van der Waals surface area contributed by atoms with E-state index in [1.54, 1.807) is 13.3 Å². The SMILES string of the molecule is COCCCCCCCCc1cc(N)ccn1. The van der Waals surface area contributed by atoms with Crippen molar-refractivity contribution in [1.82, 2.24) is 4.98 Å². The Kier molecular flexibility index (Phi) is 7.39. The highest BCUT2D eigenvalue weighted by molar-refractivity contribution is 5.37. The normalized spacial score (nSPS) is 10.6. The fourth-order valence-corrected chi connectivity index (χ4v) is 1.89. The van der Waals surface area contributed by atoms with Crippen LogP contribution in [-0.2, 0) is 11.2 Å². The molecule has 0 saturated carbocycles. The van der Waals surface area contributed by atoms with Crippen molar-refractivity contribution in [2.24, 2.45) is 0 Å². The highest BCUT2D eigenvalue weighted by Crippen LogP contribution is 2.10. The molecule has 2 N–H and O–H groups in total. The monoisotopic (exact) mass is 236 g/mol. The number of unbranched alkanes of at least 4 members (excludes halogenated alkanes) is 5. The van der Waals surface area contributed by atoms with Crippen molar-refractivity contribution in [2.75, 3.05) is 19.5 Å². The first-order chi connectivity index (χ1) is 8.33. The molecule has 3 heteroatoms. The molecule has 3 nitrogen and oxygen atoms in total. The lowest BCUT2D eigenvalue weighted by molar-refractivity contribution is 0.192. The molecule has 0 aliphatic carbocycles. The topological polar surface area (TPSA) is 48.1 Å². The van der Waals surface area contributed by atoms with Crippen LogP contribution in [0.4, 0.5) is 5.69 Å². The molecule has 1 aromatic rings. The van der Waals surface area contributed by atoms with Gasteiger partial charge in [0, 0.05) is 31.3 Å². The number of aryl methyl sites for hydroxylation is 1. The molecule has 0 bridgehead atoms. The number of anilines is 1. The van der Waals surface area contributed by atoms with Crippen LogP contribution in [0.1, 0.15) is 44.2 Å². The van der Waals surface area contributed by atoms with Crippen LogP contribution in [0.2, 0.25) is 0 Å². The van der Waals surface area contributed by atoms with Crippen LogP contribution in [0.5, 0.6) is 0 Å². The first-order valence-corrected chi connectivity index (χ1v) is 6.52. The molecule has 0 aliphatic rings. The number of hydrogen-bond acceptors (Lipinski definition) is 3. The molecule has 0 radical (unpaired) electrons. The van der Waals surface area contributed by atoms with E-state index in [9.17, 15) is 0 Å². The lowest BCUT2D eigenvalue weighted by Crippen LogP contribution is -1.93. The minimum Gasteiger partial charge on any atom is -0.399 e. The molecule has 0 fully saturated rings. The van der Waals surface area contributed by atoms with Crippen molar-refractivity contribution >= 4 is 5.69 Å². The van der Waals surface area contributed by atoms with Crippen LogP contribution in [0.3, 0.4) is 0 Å². The third-order valence-corrected chi connectivity index (χ3v) is 2.87. The van der Waals surface area contributed by atoms with Crippen LogP contribution in [0.25, 0.3) is 0 Å². The molecule has 0 aliphatic heterocycles. The summed E-state index contributed by atoms with van der Waals surface area (Å²) in [4.78, 5) is 4.30.